The van der Waals surface area contributed by atoms with Gasteiger partial charge in [0, 0.05) is 180 Å². The summed E-state index contributed by atoms with van der Waals surface area (Å²) in [6, 6.07) is 15.8. The Hall–Kier alpha value is -12.5. The molecule has 0 saturated carbocycles. The van der Waals surface area contributed by atoms with E-state index >= 15 is 0 Å². The van der Waals surface area contributed by atoms with E-state index < -0.39 is 124 Å². The van der Waals surface area contributed by atoms with E-state index in [1.807, 2.05) is 12.1 Å². The van der Waals surface area contributed by atoms with Crippen molar-refractivity contribution in [3.63, 3.8) is 0 Å². The molecule has 8 N–H and O–H groups in total. The lowest BCUT2D eigenvalue weighted by Gasteiger charge is -2.26. The number of likely N-dealkylation sites (tertiary alicyclic amines) is 1. The number of carbonyl (C=O) groups excluding carboxylic acids is 17. The molecule has 6 aromatic rings. The fourth-order valence-corrected chi connectivity index (χ4v) is 17.9. The van der Waals surface area contributed by atoms with Gasteiger partial charge in [0.1, 0.15) is 52.7 Å². The van der Waals surface area contributed by atoms with Crippen LogP contribution in [-0.4, -0.2) is 355 Å². The summed E-state index contributed by atoms with van der Waals surface area (Å²) >= 11 is 1.31. The molecule has 150 heavy (non-hydrogen) atoms. The minimum Gasteiger partial charge on any atom is -0.493 e. The quantitative estimate of drug-likeness (QED) is 0.00739. The highest BCUT2D eigenvalue weighted by Crippen LogP contribution is 2.38. The van der Waals surface area contributed by atoms with Crippen molar-refractivity contribution in [1.29, 1.82) is 0 Å². The summed E-state index contributed by atoms with van der Waals surface area (Å²) in [5.74, 6) is -7.65. The Bertz CT molecular complexity index is 5770. The molecule has 0 bridgehead atoms. The molecule has 6 atom stereocenters. The molecule has 2 saturated heterocycles. The van der Waals surface area contributed by atoms with Crippen molar-refractivity contribution in [3.8, 4) is 16.9 Å². The third-order valence-electron chi connectivity index (χ3n) is 24.5. The summed E-state index contributed by atoms with van der Waals surface area (Å²) in [7, 11) is 0.443. The van der Waals surface area contributed by atoms with Crippen LogP contribution >= 0.6 is 11.8 Å². The van der Waals surface area contributed by atoms with Gasteiger partial charge in [0.15, 0.2) is 23.2 Å². The maximum absolute atomic E-state index is 14.2. The van der Waals surface area contributed by atoms with E-state index in [9.17, 15) is 94.5 Å². The van der Waals surface area contributed by atoms with Gasteiger partial charge in [-0.25, -0.2) is 9.78 Å². The molecule has 3 unspecified atom stereocenters. The van der Waals surface area contributed by atoms with Crippen LogP contribution in [0.1, 0.15) is 166 Å². The van der Waals surface area contributed by atoms with Crippen LogP contribution in [0.25, 0.3) is 22.0 Å². The summed E-state index contributed by atoms with van der Waals surface area (Å²) in [6.07, 6.45) is 5.29. The molecule has 45 nitrogen and oxygen atoms in total. The van der Waals surface area contributed by atoms with Crippen molar-refractivity contribution in [2.24, 2.45) is 20.0 Å². The standard InChI is InChI=1S/C103H139N13O32S2.H2/c1-67-52-84-90(150(134,135)136)59-74-58-88(68(2)53-82(74)100(130)116(84)63-67)147-34-11-14-94(125)110-91-65-113(6)97(111-91)87(122)54-71-15-17-72(18-16-71)75-57-85(112(5)64-75)101(131)114-30-26-73-55-77(19-22-83(73)114)109-99(129)70(4)108-98(128)69(3)107-95(126)25-29-104-103(133)148-66-76(86(121)13-10-33-139-39-41-142-44-45-144-48-49-146-51-50-145-47-46-143-43-42-141-37-36-137-7)56-81(120)62-106-93(124)24-21-80(119)61-105-92(123)23-20-79(118)28-35-140-40-38-138-32-9-12-78(117)27-31-115-96(127)60-89(149-8)102(115)132;/h15-19,22,26,30,53,55,57-58,64-65,69-70,76,84,89-90H,1,9-14,20-21,23-25,27-29,31-52,54,56,59-63,66H2,2-8H3,(H,104,133)(H,105,123)(H,106,124)(H,107,126)(H,108,128)(H,109,129)(H,110,125)(H,134,135,136);1H/t69-,70-,76?,84-,89?,90?;/m0./s1. The number of Topliss-reactive ketones (excluding diaryl/α,β-unsaturated/α-hetero) is 6. The number of methoxy groups -OCH3 is 1. The Morgan fingerprint density at radius 1 is 0.567 bits per heavy atom. The van der Waals surface area contributed by atoms with Crippen LogP contribution in [-0.2, 0) is 151 Å². The Balaban J connectivity index is 0.0000277. The Labute approximate surface area is 876 Å². The normalized spacial score (nSPS) is 15.0. The van der Waals surface area contributed by atoms with Gasteiger partial charge in [-0.15, -0.1) is 0 Å². The lowest BCUT2D eigenvalue weighted by molar-refractivity contribution is -0.139. The number of amides is 10. The Morgan fingerprint density at radius 2 is 1.15 bits per heavy atom. The predicted octanol–water partition coefficient (Wildman–Crippen LogP) is 5.77. The van der Waals surface area contributed by atoms with Crippen LogP contribution in [0.4, 0.5) is 16.3 Å². The molecular formula is C103H141N13O32S2. The van der Waals surface area contributed by atoms with Gasteiger partial charge in [-0.1, -0.05) is 36.4 Å². The van der Waals surface area contributed by atoms with Crippen LogP contribution < -0.4 is 42.0 Å². The lowest BCUT2D eigenvalue weighted by Crippen LogP contribution is -2.50. The van der Waals surface area contributed by atoms with E-state index in [1.165, 1.54) is 45.8 Å². The topological polar surface area (TPSA) is 574 Å². The molecule has 0 spiro atoms. The zero-order valence-corrected chi connectivity index (χ0v) is 87.6. The summed E-state index contributed by atoms with van der Waals surface area (Å²) in [4.78, 5) is 229. The fourth-order valence-electron chi connectivity index (χ4n) is 16.3. The number of imide groups is 1. The van der Waals surface area contributed by atoms with Crippen molar-refractivity contribution in [3.05, 3.63) is 131 Å². The fraction of sp³-hybridized carbons (Fsp3) is 0.553. The first-order chi connectivity index (χ1) is 72.0. The molecule has 10 amide bonds. The van der Waals surface area contributed by atoms with Gasteiger partial charge in [-0.3, -0.25) is 90.7 Å². The number of hydrogen-bond donors (Lipinski definition) is 8. The van der Waals surface area contributed by atoms with E-state index in [-0.39, 0.29) is 242 Å². The molecule has 822 valence electrons. The van der Waals surface area contributed by atoms with Crippen molar-refractivity contribution < 1.29 is 153 Å². The molecular weight excluding hydrogens is 2000 g/mol. The number of fused-ring (bicyclic) bond motifs is 3. The molecule has 0 aliphatic carbocycles. The van der Waals surface area contributed by atoms with E-state index in [4.69, 9.17) is 56.8 Å². The summed E-state index contributed by atoms with van der Waals surface area (Å²) in [6.45, 7) is 13.2. The number of nitrogens with one attached hydrogen (secondary N) is 7. The van der Waals surface area contributed by atoms with Gasteiger partial charge in [0.05, 0.1) is 155 Å². The number of benzene rings is 3. The molecule has 9 rings (SSSR count). The first-order valence-corrected chi connectivity index (χ1v) is 52.7. The van der Waals surface area contributed by atoms with Crippen LogP contribution in [0.2, 0.25) is 0 Å². The number of nitrogens with zero attached hydrogens (tertiary/aromatic N) is 6. The molecule has 3 aromatic carbocycles. The average molecular weight is 2140 g/mol. The number of rotatable bonds is 74. The minimum atomic E-state index is -4.53. The molecule has 0 radical (unpaired) electrons. The number of carbonyl (C=O) groups is 17. The highest BCUT2D eigenvalue weighted by atomic mass is 32.2. The SMILES string of the molecule is C=C1C[C@H]2C(S(=O)(=O)O)Cc3cc(OCCCC(=O)Nc4cn(C)c(C(=O)Cc5ccc(-c6cc(C(=O)n7ccc8cc(NC(=O)[C@H](C)NC(=O)[C@H](C)NC(=O)CCNC(=O)OCC(CC(=O)CNC(=O)CCC(=O)CNC(=O)CCC(=O)CCOCCOCCCC(=O)CCN9C(=O)CC(SC)C9=O)C(=O)CCCOCCOCCOCCOCCOCCOCCOCCOC)ccc87)n(C)c6)cc5)n4)c(C)cc3C(=O)N2C1.[HH]. The summed E-state index contributed by atoms with van der Waals surface area (Å²) in [5, 5.41) is 16.8. The van der Waals surface area contributed by atoms with Crippen LogP contribution in [0.15, 0.2) is 97.5 Å². The third kappa shape index (κ3) is 41.0. The average Bonchev–Trinajstić information content (AvgIpc) is 1.60. The second kappa shape index (κ2) is 63.6. The second-order valence-corrected chi connectivity index (χ2v) is 38.9. The largest absolute Gasteiger partial charge is 0.493 e. The molecule has 3 aromatic heterocycles. The van der Waals surface area contributed by atoms with E-state index in [2.05, 4.69) is 48.8 Å². The van der Waals surface area contributed by atoms with Crippen LogP contribution in [0, 0.1) is 12.8 Å². The van der Waals surface area contributed by atoms with Crippen LogP contribution in [0.5, 0.6) is 5.75 Å². The Morgan fingerprint density at radius 3 is 1.77 bits per heavy atom. The van der Waals surface area contributed by atoms with Gasteiger partial charge in [-0.05, 0) is 124 Å². The number of alkyl carbamates (subject to hydrolysis) is 1. The predicted molar refractivity (Wildman–Crippen MR) is 549 cm³/mol. The van der Waals surface area contributed by atoms with Crippen molar-refractivity contribution in [1.82, 2.24) is 55.1 Å². The van der Waals surface area contributed by atoms with Crippen molar-refractivity contribution in [2.45, 2.75) is 165 Å². The molecule has 47 heteroatoms. The number of aryl methyl sites for hydroxylation is 3. The molecule has 3 aliphatic heterocycles. The minimum absolute atomic E-state index is 0. The number of imidazole rings is 1. The number of thioether (sulfide) groups is 1. The van der Waals surface area contributed by atoms with E-state index in [0.29, 0.717) is 135 Å². The number of aromatic nitrogens is 4. The smallest absolute Gasteiger partial charge is 0.407 e. The van der Waals surface area contributed by atoms with Crippen LogP contribution in [0.3, 0.4) is 0 Å². The highest BCUT2D eigenvalue weighted by molar-refractivity contribution is 8.00. The van der Waals surface area contributed by atoms with Gasteiger partial charge >= 0.3 is 6.09 Å². The Kier molecular flexibility index (Phi) is 51.3. The zero-order valence-electron chi connectivity index (χ0n) is 86.0. The van der Waals surface area contributed by atoms with Crippen molar-refractivity contribution >= 4 is 144 Å². The number of ketones is 6. The highest BCUT2D eigenvalue weighted by Gasteiger charge is 2.46. The van der Waals surface area contributed by atoms with Crippen molar-refractivity contribution in [2.75, 3.05) is 195 Å². The molecule has 2 fully saturated rings. The summed E-state index contributed by atoms with van der Waals surface area (Å²) in [5.41, 5.74) is 5.46. The van der Waals surface area contributed by atoms with Gasteiger partial charge in [-0.2, -0.15) is 20.2 Å². The number of ether oxygens (including phenoxy) is 12. The third-order valence-corrected chi connectivity index (χ3v) is 26.7. The maximum Gasteiger partial charge on any atom is 0.407 e. The molecule has 3 aliphatic rings. The van der Waals surface area contributed by atoms with Gasteiger partial charge < -0.3 is 108 Å². The van der Waals surface area contributed by atoms with Gasteiger partial charge in [0.25, 0.3) is 21.9 Å². The van der Waals surface area contributed by atoms with E-state index in [0.717, 1.165) is 16.0 Å². The van der Waals surface area contributed by atoms with Gasteiger partial charge in [0.2, 0.25) is 53.0 Å². The molecule has 6 heterocycles. The zero-order chi connectivity index (χ0) is 109. The lowest BCUT2D eigenvalue weighted by atomic mass is 9.95. The number of anilines is 2. The van der Waals surface area contributed by atoms with E-state index in [1.54, 1.807) is 106 Å². The monoisotopic (exact) mass is 2140 g/mol. The first-order valence-electron chi connectivity index (χ1n) is 50.0. The maximum atomic E-state index is 14.2. The number of hydrogen-bond acceptors (Lipinski definition) is 33. The second-order valence-electron chi connectivity index (χ2n) is 36.2. The first kappa shape index (κ1) is 121. The summed E-state index contributed by atoms with van der Waals surface area (Å²) < 4.78 is 106.